The second-order valence-corrected chi connectivity index (χ2v) is 5.38. The third-order valence-corrected chi connectivity index (χ3v) is 3.31. The van der Waals surface area contributed by atoms with Gasteiger partial charge in [-0.25, -0.2) is 8.78 Å². The van der Waals surface area contributed by atoms with Gasteiger partial charge >= 0.3 is 0 Å². The molecule has 2 aromatic carbocycles. The molecule has 0 fully saturated rings. The average Bonchev–Trinajstić information content (AvgIpc) is 2.40. The Hall–Kier alpha value is -1.53. The molecule has 0 aliphatic carbocycles. The van der Waals surface area contributed by atoms with Gasteiger partial charge in [0.1, 0.15) is 29.0 Å². The number of benzene rings is 2. The van der Waals surface area contributed by atoms with Crippen LogP contribution in [-0.4, -0.2) is 4.99 Å². The quantitative estimate of drug-likeness (QED) is 0.841. The van der Waals surface area contributed by atoms with Crippen molar-refractivity contribution in [3.8, 4) is 5.75 Å². The first-order valence-corrected chi connectivity index (χ1v) is 6.83. The van der Waals surface area contributed by atoms with Crippen LogP contribution in [0, 0.1) is 11.6 Å². The molecule has 0 unspecified atom stereocenters. The summed E-state index contributed by atoms with van der Waals surface area (Å²) in [5.74, 6) is -0.625. The first-order valence-electron chi connectivity index (χ1n) is 5.63. The first-order chi connectivity index (χ1) is 9.47. The first kappa shape index (κ1) is 14.9. The molecule has 20 heavy (non-hydrogen) atoms. The van der Waals surface area contributed by atoms with Gasteiger partial charge in [0.05, 0.1) is 5.56 Å². The maximum Gasteiger partial charge on any atom is 0.130 e. The summed E-state index contributed by atoms with van der Waals surface area (Å²) in [6.45, 7) is -0.110. The molecule has 0 radical (unpaired) electrons. The molecule has 0 aliphatic heterocycles. The Morgan fingerprint density at radius 1 is 1.20 bits per heavy atom. The number of hydrogen-bond donors (Lipinski definition) is 1. The highest BCUT2D eigenvalue weighted by Crippen LogP contribution is 2.24. The van der Waals surface area contributed by atoms with Crippen molar-refractivity contribution in [3.05, 3.63) is 63.6 Å². The zero-order valence-corrected chi connectivity index (χ0v) is 12.6. The molecule has 0 aromatic heterocycles. The van der Waals surface area contributed by atoms with Crippen molar-refractivity contribution < 1.29 is 13.5 Å². The lowest BCUT2D eigenvalue weighted by molar-refractivity contribution is 0.298. The Morgan fingerprint density at radius 2 is 1.95 bits per heavy atom. The lowest BCUT2D eigenvalue weighted by Gasteiger charge is -2.11. The van der Waals surface area contributed by atoms with Gasteiger partial charge in [0, 0.05) is 10.0 Å². The lowest BCUT2D eigenvalue weighted by atomic mass is 10.2. The standard InChI is InChI=1S/C14H10BrF2NOS/c15-9-1-4-13(11(6-9)14(18)20)19-7-8-5-10(16)2-3-12(8)17/h1-6H,7H2,(H2,18,20). The van der Waals surface area contributed by atoms with E-state index < -0.39 is 11.6 Å². The van der Waals surface area contributed by atoms with Gasteiger partial charge in [-0.15, -0.1) is 0 Å². The van der Waals surface area contributed by atoms with E-state index in [4.69, 9.17) is 22.7 Å². The molecule has 0 saturated heterocycles. The van der Waals surface area contributed by atoms with E-state index in [0.717, 1.165) is 22.7 Å². The highest BCUT2D eigenvalue weighted by atomic mass is 79.9. The summed E-state index contributed by atoms with van der Waals surface area (Å²) in [7, 11) is 0. The van der Waals surface area contributed by atoms with Gasteiger partial charge in [-0.3, -0.25) is 0 Å². The number of halogens is 3. The van der Waals surface area contributed by atoms with Gasteiger partial charge in [-0.05, 0) is 36.4 Å². The second kappa shape index (κ2) is 6.28. The largest absolute Gasteiger partial charge is 0.488 e. The van der Waals surface area contributed by atoms with E-state index in [9.17, 15) is 8.78 Å². The van der Waals surface area contributed by atoms with Gasteiger partial charge in [0.2, 0.25) is 0 Å². The van der Waals surface area contributed by atoms with Crippen molar-refractivity contribution in [1.29, 1.82) is 0 Å². The minimum Gasteiger partial charge on any atom is -0.488 e. The minimum absolute atomic E-state index is 0.110. The average molecular weight is 358 g/mol. The Morgan fingerprint density at radius 3 is 2.65 bits per heavy atom. The lowest BCUT2D eigenvalue weighted by Crippen LogP contribution is -2.12. The zero-order chi connectivity index (χ0) is 14.7. The molecule has 2 nitrogen and oxygen atoms in total. The molecule has 6 heteroatoms. The second-order valence-electron chi connectivity index (χ2n) is 4.03. The molecule has 0 heterocycles. The van der Waals surface area contributed by atoms with E-state index in [-0.39, 0.29) is 17.2 Å². The summed E-state index contributed by atoms with van der Waals surface area (Å²) < 4.78 is 32.8. The Bertz CT molecular complexity index is 664. The topological polar surface area (TPSA) is 35.2 Å². The molecule has 2 rings (SSSR count). The molecule has 0 atom stereocenters. The van der Waals surface area contributed by atoms with Crippen LogP contribution in [0.25, 0.3) is 0 Å². The highest BCUT2D eigenvalue weighted by molar-refractivity contribution is 9.10. The summed E-state index contributed by atoms with van der Waals surface area (Å²) in [4.78, 5) is 0.168. The van der Waals surface area contributed by atoms with Gasteiger partial charge in [-0.1, -0.05) is 28.1 Å². The summed E-state index contributed by atoms with van der Waals surface area (Å²) in [5.41, 5.74) is 6.26. The van der Waals surface area contributed by atoms with Crippen molar-refractivity contribution in [3.63, 3.8) is 0 Å². The molecular formula is C14H10BrF2NOS. The third kappa shape index (κ3) is 3.52. The van der Waals surface area contributed by atoms with Crippen molar-refractivity contribution in [2.24, 2.45) is 5.73 Å². The van der Waals surface area contributed by atoms with Crippen LogP contribution in [0.1, 0.15) is 11.1 Å². The highest BCUT2D eigenvalue weighted by Gasteiger charge is 2.10. The maximum absolute atomic E-state index is 13.5. The van der Waals surface area contributed by atoms with Gasteiger partial charge in [-0.2, -0.15) is 0 Å². The maximum atomic E-state index is 13.5. The van der Waals surface area contributed by atoms with Crippen molar-refractivity contribution >= 4 is 33.1 Å². The van der Waals surface area contributed by atoms with Crippen molar-refractivity contribution in [2.75, 3.05) is 0 Å². The van der Waals surface area contributed by atoms with Crippen molar-refractivity contribution in [1.82, 2.24) is 0 Å². The van der Waals surface area contributed by atoms with Crippen molar-refractivity contribution in [2.45, 2.75) is 6.61 Å². The predicted molar refractivity (Wildman–Crippen MR) is 80.7 cm³/mol. The summed E-state index contributed by atoms with van der Waals surface area (Å²) in [5, 5.41) is 0. The fraction of sp³-hybridized carbons (Fsp3) is 0.0714. The van der Waals surface area contributed by atoms with E-state index in [0.29, 0.717) is 11.3 Å². The normalized spacial score (nSPS) is 10.3. The Balaban J connectivity index is 2.23. The van der Waals surface area contributed by atoms with Crippen LogP contribution in [0.3, 0.4) is 0 Å². The number of hydrogen-bond acceptors (Lipinski definition) is 2. The van der Waals surface area contributed by atoms with E-state index >= 15 is 0 Å². The number of thiocarbonyl (C=S) groups is 1. The van der Waals surface area contributed by atoms with Gasteiger partial charge < -0.3 is 10.5 Å². The van der Waals surface area contributed by atoms with Crippen LogP contribution in [-0.2, 0) is 6.61 Å². The van der Waals surface area contributed by atoms with Crippen LogP contribution in [0.4, 0.5) is 8.78 Å². The summed E-state index contributed by atoms with van der Waals surface area (Å²) in [6.07, 6.45) is 0. The van der Waals surface area contributed by atoms with Gasteiger partial charge in [0.25, 0.3) is 0 Å². The van der Waals surface area contributed by atoms with Crippen LogP contribution in [0.5, 0.6) is 5.75 Å². The van der Waals surface area contributed by atoms with E-state index in [1.54, 1.807) is 18.2 Å². The predicted octanol–water partition coefficient (Wildman–Crippen LogP) is 3.94. The van der Waals surface area contributed by atoms with E-state index in [2.05, 4.69) is 15.9 Å². The zero-order valence-electron chi connectivity index (χ0n) is 10.2. The Labute approximate surface area is 128 Å². The SMILES string of the molecule is NC(=S)c1cc(Br)ccc1OCc1cc(F)ccc1F. The van der Waals surface area contributed by atoms with E-state index in [1.165, 1.54) is 0 Å². The van der Waals surface area contributed by atoms with Gasteiger partial charge in [0.15, 0.2) is 0 Å². The molecule has 104 valence electrons. The van der Waals surface area contributed by atoms with Crippen LogP contribution < -0.4 is 10.5 Å². The molecule has 0 bridgehead atoms. The minimum atomic E-state index is -0.527. The third-order valence-electron chi connectivity index (χ3n) is 2.60. The van der Waals surface area contributed by atoms with Crippen LogP contribution >= 0.6 is 28.1 Å². The fourth-order valence-corrected chi connectivity index (χ4v) is 2.15. The number of nitrogens with two attached hydrogens (primary N) is 1. The number of rotatable bonds is 4. The Kier molecular flexibility index (Phi) is 4.67. The summed E-state index contributed by atoms with van der Waals surface area (Å²) in [6, 6.07) is 8.33. The molecule has 0 saturated carbocycles. The number of ether oxygens (including phenoxy) is 1. The van der Waals surface area contributed by atoms with Crippen LogP contribution in [0.2, 0.25) is 0 Å². The molecule has 0 aliphatic rings. The molecule has 0 spiro atoms. The molecular weight excluding hydrogens is 348 g/mol. The molecule has 0 amide bonds. The fourth-order valence-electron chi connectivity index (χ4n) is 1.63. The van der Waals surface area contributed by atoms with E-state index in [1.807, 2.05) is 0 Å². The monoisotopic (exact) mass is 357 g/mol. The van der Waals surface area contributed by atoms with Crippen LogP contribution in [0.15, 0.2) is 40.9 Å². The summed E-state index contributed by atoms with van der Waals surface area (Å²) >= 11 is 8.23. The smallest absolute Gasteiger partial charge is 0.130 e. The molecule has 2 aromatic rings. The molecule has 2 N–H and O–H groups in total.